The van der Waals surface area contributed by atoms with Crippen molar-refractivity contribution in [1.29, 1.82) is 0 Å². The van der Waals surface area contributed by atoms with Crippen molar-refractivity contribution in [2.24, 2.45) is 0 Å². The largest absolute Gasteiger partial charge is 0.465 e. The minimum absolute atomic E-state index is 0.217. The number of benzene rings is 2. The van der Waals surface area contributed by atoms with Crippen LogP contribution in [-0.2, 0) is 9.53 Å². The topological polar surface area (TPSA) is 52.1 Å². The number of hydrogen-bond acceptors (Lipinski definition) is 5. The SMILES string of the molecule is CCOC(=O)CSc1nccc(-c2ccc3ccccc3c2)n1. The molecule has 0 bridgehead atoms. The number of carbonyl (C=O) groups excluding carboxylic acids is 1. The zero-order valence-corrected chi connectivity index (χ0v) is 13.5. The third kappa shape index (κ3) is 3.87. The summed E-state index contributed by atoms with van der Waals surface area (Å²) in [6, 6.07) is 16.3. The lowest BCUT2D eigenvalue weighted by Gasteiger charge is -2.05. The van der Waals surface area contributed by atoms with Gasteiger partial charge in [-0.25, -0.2) is 9.97 Å². The first-order valence-electron chi connectivity index (χ1n) is 7.37. The maximum absolute atomic E-state index is 11.4. The fraction of sp³-hybridized carbons (Fsp3) is 0.167. The van der Waals surface area contributed by atoms with Crippen molar-refractivity contribution in [3.63, 3.8) is 0 Å². The molecule has 0 unspecified atom stereocenters. The number of carbonyl (C=O) groups is 1. The summed E-state index contributed by atoms with van der Waals surface area (Å²) in [7, 11) is 0. The molecule has 0 atom stereocenters. The van der Waals surface area contributed by atoms with E-state index in [2.05, 4.69) is 34.2 Å². The van der Waals surface area contributed by atoms with E-state index in [-0.39, 0.29) is 11.7 Å². The zero-order valence-electron chi connectivity index (χ0n) is 12.7. The van der Waals surface area contributed by atoms with Gasteiger partial charge in [0.2, 0.25) is 0 Å². The van der Waals surface area contributed by atoms with Crippen molar-refractivity contribution < 1.29 is 9.53 Å². The van der Waals surface area contributed by atoms with Crippen LogP contribution >= 0.6 is 11.8 Å². The van der Waals surface area contributed by atoms with Gasteiger partial charge >= 0.3 is 5.97 Å². The van der Waals surface area contributed by atoms with Crippen molar-refractivity contribution in [3.8, 4) is 11.3 Å². The molecule has 0 saturated heterocycles. The molecular weight excluding hydrogens is 308 g/mol. The van der Waals surface area contributed by atoms with E-state index >= 15 is 0 Å². The van der Waals surface area contributed by atoms with Crippen molar-refractivity contribution in [2.45, 2.75) is 12.1 Å². The highest BCUT2D eigenvalue weighted by molar-refractivity contribution is 7.99. The molecule has 1 heterocycles. The molecule has 4 nitrogen and oxygen atoms in total. The van der Waals surface area contributed by atoms with Crippen LogP contribution in [0, 0.1) is 0 Å². The molecule has 3 rings (SSSR count). The van der Waals surface area contributed by atoms with E-state index in [4.69, 9.17) is 4.74 Å². The molecule has 0 spiro atoms. The quantitative estimate of drug-likeness (QED) is 0.404. The molecule has 0 aliphatic carbocycles. The summed E-state index contributed by atoms with van der Waals surface area (Å²) in [5, 5.41) is 2.94. The van der Waals surface area contributed by atoms with Gasteiger partial charge in [0.15, 0.2) is 5.16 Å². The van der Waals surface area contributed by atoms with E-state index in [1.807, 2.05) is 24.3 Å². The Morgan fingerprint density at radius 2 is 1.96 bits per heavy atom. The third-order valence-electron chi connectivity index (χ3n) is 3.30. The summed E-state index contributed by atoms with van der Waals surface area (Å²) >= 11 is 1.28. The van der Waals surface area contributed by atoms with E-state index in [9.17, 15) is 4.79 Å². The molecule has 0 N–H and O–H groups in total. The number of aromatic nitrogens is 2. The molecule has 0 aliphatic rings. The maximum Gasteiger partial charge on any atom is 0.316 e. The standard InChI is InChI=1S/C18H16N2O2S/c1-2-22-17(21)12-23-18-19-10-9-16(20-18)15-8-7-13-5-3-4-6-14(13)11-15/h3-11H,2,12H2,1H3. The Balaban J connectivity index is 1.81. The van der Waals surface area contributed by atoms with E-state index in [0.717, 1.165) is 11.3 Å². The van der Waals surface area contributed by atoms with Gasteiger partial charge in [-0.3, -0.25) is 4.79 Å². The molecule has 0 aliphatic heterocycles. The average molecular weight is 324 g/mol. The highest BCUT2D eigenvalue weighted by Gasteiger charge is 2.07. The number of thioether (sulfide) groups is 1. The Kier molecular flexibility index (Phi) is 4.88. The van der Waals surface area contributed by atoms with Crippen LogP contribution in [0.3, 0.4) is 0 Å². The van der Waals surface area contributed by atoms with Crippen LogP contribution in [0.15, 0.2) is 59.9 Å². The summed E-state index contributed by atoms with van der Waals surface area (Å²) in [6.45, 7) is 2.18. The first kappa shape index (κ1) is 15.5. The van der Waals surface area contributed by atoms with Gasteiger partial charge in [-0.15, -0.1) is 0 Å². The van der Waals surface area contributed by atoms with Crippen molar-refractivity contribution in [3.05, 3.63) is 54.7 Å². The molecule has 23 heavy (non-hydrogen) atoms. The van der Waals surface area contributed by atoms with Crippen LogP contribution in [0.1, 0.15) is 6.92 Å². The van der Waals surface area contributed by atoms with Crippen LogP contribution < -0.4 is 0 Å². The fourth-order valence-corrected chi connectivity index (χ4v) is 2.87. The van der Waals surface area contributed by atoms with Gasteiger partial charge in [0.05, 0.1) is 18.1 Å². The van der Waals surface area contributed by atoms with Crippen LogP contribution in [0.5, 0.6) is 0 Å². The highest BCUT2D eigenvalue weighted by atomic mass is 32.2. The van der Waals surface area contributed by atoms with E-state index < -0.39 is 0 Å². The summed E-state index contributed by atoms with van der Waals surface area (Å²) in [5.41, 5.74) is 1.88. The number of nitrogens with zero attached hydrogens (tertiary/aromatic N) is 2. The van der Waals surface area contributed by atoms with Crippen LogP contribution in [0.4, 0.5) is 0 Å². The predicted octanol–water partition coefficient (Wildman–Crippen LogP) is 3.95. The molecular formula is C18H16N2O2S. The molecule has 0 radical (unpaired) electrons. The monoisotopic (exact) mass is 324 g/mol. The van der Waals surface area contributed by atoms with Gasteiger partial charge in [0, 0.05) is 11.8 Å². The second-order valence-corrected chi connectivity index (χ2v) is 5.82. The van der Waals surface area contributed by atoms with Gasteiger partial charge in [-0.05, 0) is 29.8 Å². The molecule has 2 aromatic carbocycles. The van der Waals surface area contributed by atoms with Gasteiger partial charge in [-0.2, -0.15) is 0 Å². The lowest BCUT2D eigenvalue weighted by molar-refractivity contribution is -0.139. The van der Waals surface area contributed by atoms with Crippen LogP contribution in [0.2, 0.25) is 0 Å². The second kappa shape index (κ2) is 7.24. The Hall–Kier alpha value is -2.40. The Morgan fingerprint density at radius 3 is 2.78 bits per heavy atom. The number of fused-ring (bicyclic) bond motifs is 1. The fourth-order valence-electron chi connectivity index (χ4n) is 2.25. The molecule has 0 fully saturated rings. The zero-order chi connectivity index (χ0) is 16.1. The maximum atomic E-state index is 11.4. The van der Waals surface area contributed by atoms with Crippen LogP contribution in [-0.4, -0.2) is 28.3 Å². The molecule has 1 aromatic heterocycles. The van der Waals surface area contributed by atoms with E-state index in [0.29, 0.717) is 11.8 Å². The van der Waals surface area contributed by atoms with Gasteiger partial charge in [0.1, 0.15) is 0 Å². The number of ether oxygens (including phenoxy) is 1. The lowest BCUT2D eigenvalue weighted by atomic mass is 10.1. The first-order chi connectivity index (χ1) is 11.3. The summed E-state index contributed by atoms with van der Waals surface area (Å²) in [4.78, 5) is 20.1. The number of esters is 1. The third-order valence-corrected chi connectivity index (χ3v) is 4.14. The Labute approximate surface area is 138 Å². The smallest absolute Gasteiger partial charge is 0.316 e. The summed E-state index contributed by atoms with van der Waals surface area (Å²) < 4.78 is 4.91. The van der Waals surface area contributed by atoms with E-state index in [1.165, 1.54) is 22.5 Å². The molecule has 5 heteroatoms. The molecule has 0 saturated carbocycles. The summed E-state index contributed by atoms with van der Waals surface area (Å²) in [5.74, 6) is -0.0353. The normalized spacial score (nSPS) is 10.7. The minimum Gasteiger partial charge on any atom is -0.465 e. The van der Waals surface area contributed by atoms with Gasteiger partial charge in [0.25, 0.3) is 0 Å². The predicted molar refractivity (Wildman–Crippen MR) is 92.3 cm³/mol. The molecule has 116 valence electrons. The second-order valence-electron chi connectivity index (χ2n) is 4.88. The Bertz CT molecular complexity index is 836. The van der Waals surface area contributed by atoms with Crippen molar-refractivity contribution in [1.82, 2.24) is 9.97 Å². The van der Waals surface area contributed by atoms with Crippen molar-refractivity contribution >= 4 is 28.5 Å². The van der Waals surface area contributed by atoms with E-state index in [1.54, 1.807) is 13.1 Å². The summed E-state index contributed by atoms with van der Waals surface area (Å²) in [6.07, 6.45) is 1.71. The lowest BCUT2D eigenvalue weighted by Crippen LogP contribution is -2.07. The highest BCUT2D eigenvalue weighted by Crippen LogP contribution is 2.24. The molecule has 0 amide bonds. The van der Waals surface area contributed by atoms with Crippen molar-refractivity contribution in [2.75, 3.05) is 12.4 Å². The Morgan fingerprint density at radius 1 is 1.13 bits per heavy atom. The van der Waals surface area contributed by atoms with Gasteiger partial charge in [-0.1, -0.05) is 48.2 Å². The van der Waals surface area contributed by atoms with Gasteiger partial charge < -0.3 is 4.74 Å². The molecule has 3 aromatic rings. The average Bonchev–Trinajstić information content (AvgIpc) is 2.60. The number of hydrogen-bond donors (Lipinski definition) is 0. The minimum atomic E-state index is -0.253. The first-order valence-corrected chi connectivity index (χ1v) is 8.35. The number of rotatable bonds is 5. The van der Waals surface area contributed by atoms with Crippen LogP contribution in [0.25, 0.3) is 22.0 Å².